The molecule has 12 heteroatoms. The van der Waals surface area contributed by atoms with Crippen LogP contribution in [0.15, 0.2) is 84.6 Å². The SMILES string of the molecule is CC[C@H]1OC(=O)CC[C@H](C)C[C@@H](CCn2cc(-c3ccc(Oc4ccccc4)cc3)nn2)C[C@@H](C)C(=O)/C=C/C(C)=C/[C@@H]1CO[C@@H]1OC(C)[C@@H](O)[C@H](OC)C1OC. The highest BCUT2D eigenvalue weighted by atomic mass is 16.7. The zero-order valence-corrected chi connectivity index (χ0v) is 34.5. The molecular formula is C45H61N3O9. The van der Waals surface area contributed by atoms with Gasteiger partial charge < -0.3 is 33.5 Å². The first-order chi connectivity index (χ1) is 27.5. The Labute approximate surface area is 337 Å². The molecule has 10 atom stereocenters. The average Bonchev–Trinajstić information content (AvgIpc) is 3.69. The number of ether oxygens (including phenoxy) is 6. The Morgan fingerprint density at radius 2 is 1.65 bits per heavy atom. The Balaban J connectivity index is 1.24. The van der Waals surface area contributed by atoms with Gasteiger partial charge in [0.05, 0.1) is 18.9 Å². The number of para-hydroxylation sites is 1. The fourth-order valence-corrected chi connectivity index (χ4v) is 7.75. The molecule has 3 aromatic rings. The summed E-state index contributed by atoms with van der Waals surface area (Å²) in [6, 6.07) is 17.5. The topological polar surface area (TPSA) is 140 Å². The van der Waals surface area contributed by atoms with Gasteiger partial charge in [0.25, 0.3) is 0 Å². The summed E-state index contributed by atoms with van der Waals surface area (Å²) in [7, 11) is 3.04. The van der Waals surface area contributed by atoms with Crippen LogP contribution in [0.2, 0.25) is 0 Å². The summed E-state index contributed by atoms with van der Waals surface area (Å²) in [5.41, 5.74) is 2.57. The molecule has 310 valence electrons. The summed E-state index contributed by atoms with van der Waals surface area (Å²) in [5, 5.41) is 19.4. The number of rotatable bonds is 12. The fraction of sp³-hybridized carbons (Fsp3) is 0.556. The molecular weight excluding hydrogens is 727 g/mol. The second-order valence-electron chi connectivity index (χ2n) is 15.7. The molecule has 3 heterocycles. The molecule has 57 heavy (non-hydrogen) atoms. The van der Waals surface area contributed by atoms with Crippen LogP contribution in [0.5, 0.6) is 11.5 Å². The Bertz CT molecular complexity index is 1760. The van der Waals surface area contributed by atoms with E-state index in [1.165, 1.54) is 14.2 Å². The summed E-state index contributed by atoms with van der Waals surface area (Å²) < 4.78 is 37.4. The van der Waals surface area contributed by atoms with Gasteiger partial charge in [-0.25, -0.2) is 0 Å². The fourth-order valence-electron chi connectivity index (χ4n) is 7.75. The highest BCUT2D eigenvalue weighted by Crippen LogP contribution is 2.31. The first-order valence-corrected chi connectivity index (χ1v) is 20.3. The van der Waals surface area contributed by atoms with Crippen LogP contribution in [0, 0.1) is 23.7 Å². The second kappa shape index (κ2) is 21.5. The Morgan fingerprint density at radius 1 is 0.930 bits per heavy atom. The van der Waals surface area contributed by atoms with Gasteiger partial charge in [0.2, 0.25) is 0 Å². The maximum absolute atomic E-state index is 13.5. The lowest BCUT2D eigenvalue weighted by Crippen LogP contribution is -2.59. The largest absolute Gasteiger partial charge is 0.462 e. The van der Waals surface area contributed by atoms with Crippen molar-refractivity contribution in [3.63, 3.8) is 0 Å². The number of cyclic esters (lactones) is 1. The predicted molar refractivity (Wildman–Crippen MR) is 216 cm³/mol. The van der Waals surface area contributed by atoms with E-state index in [1.807, 2.05) is 98.4 Å². The molecule has 1 aromatic heterocycles. The van der Waals surface area contributed by atoms with Crippen molar-refractivity contribution in [1.82, 2.24) is 15.0 Å². The number of benzene rings is 2. The summed E-state index contributed by atoms with van der Waals surface area (Å²) in [6.45, 7) is 10.6. The molecule has 1 saturated heterocycles. The molecule has 0 bridgehead atoms. The minimum Gasteiger partial charge on any atom is -0.462 e. The minimum atomic E-state index is -0.879. The number of hydrogen-bond donors (Lipinski definition) is 1. The first kappa shape index (κ1) is 43.9. The van der Waals surface area contributed by atoms with Crippen molar-refractivity contribution in [3.8, 4) is 22.8 Å². The van der Waals surface area contributed by atoms with Gasteiger partial charge in [-0.05, 0) is 100 Å². The summed E-state index contributed by atoms with van der Waals surface area (Å²) in [6.07, 6.45) is 7.36. The van der Waals surface area contributed by atoms with Crippen LogP contribution in [0.3, 0.4) is 0 Å². The number of aromatic nitrogens is 3. The summed E-state index contributed by atoms with van der Waals surface area (Å²) in [4.78, 5) is 26.8. The van der Waals surface area contributed by atoms with Crippen molar-refractivity contribution in [3.05, 3.63) is 84.6 Å². The third kappa shape index (κ3) is 12.6. The van der Waals surface area contributed by atoms with Gasteiger partial charge in [-0.15, -0.1) is 5.10 Å². The van der Waals surface area contributed by atoms with Crippen LogP contribution in [0.4, 0.5) is 0 Å². The average molecular weight is 788 g/mol. The van der Waals surface area contributed by atoms with Crippen molar-refractivity contribution in [2.24, 2.45) is 23.7 Å². The highest BCUT2D eigenvalue weighted by Gasteiger charge is 2.45. The van der Waals surface area contributed by atoms with Gasteiger partial charge in [0, 0.05) is 44.6 Å². The van der Waals surface area contributed by atoms with Gasteiger partial charge in [-0.3, -0.25) is 14.3 Å². The van der Waals surface area contributed by atoms with Crippen LogP contribution in [0.1, 0.15) is 73.1 Å². The van der Waals surface area contributed by atoms with E-state index in [9.17, 15) is 14.7 Å². The molecule has 2 unspecified atom stereocenters. The number of aryl methyl sites for hydroxylation is 1. The number of carbonyl (C=O) groups excluding carboxylic acids is 2. The first-order valence-electron chi connectivity index (χ1n) is 20.3. The van der Waals surface area contributed by atoms with E-state index >= 15 is 0 Å². The number of ketones is 1. The monoisotopic (exact) mass is 787 g/mol. The molecule has 5 rings (SSSR count). The van der Waals surface area contributed by atoms with Gasteiger partial charge in [-0.2, -0.15) is 0 Å². The molecule has 2 aliphatic heterocycles. The lowest BCUT2D eigenvalue weighted by molar-refractivity contribution is -0.304. The molecule has 0 aliphatic carbocycles. The number of aliphatic hydroxyl groups excluding tert-OH is 1. The van der Waals surface area contributed by atoms with Crippen LogP contribution < -0.4 is 4.74 Å². The lowest BCUT2D eigenvalue weighted by Gasteiger charge is -2.42. The number of aliphatic hydroxyl groups is 1. The number of carbonyl (C=O) groups is 2. The predicted octanol–water partition coefficient (Wildman–Crippen LogP) is 7.75. The normalized spacial score (nSPS) is 30.9. The van der Waals surface area contributed by atoms with Crippen LogP contribution >= 0.6 is 0 Å². The van der Waals surface area contributed by atoms with E-state index < -0.39 is 36.8 Å². The maximum atomic E-state index is 13.5. The van der Waals surface area contributed by atoms with Crippen molar-refractivity contribution >= 4 is 11.8 Å². The van der Waals surface area contributed by atoms with Gasteiger partial charge in [0.1, 0.15) is 41.6 Å². The van der Waals surface area contributed by atoms with E-state index in [0.29, 0.717) is 25.8 Å². The van der Waals surface area contributed by atoms with Crippen LogP contribution in [0.25, 0.3) is 11.3 Å². The molecule has 12 nitrogen and oxygen atoms in total. The van der Waals surface area contributed by atoms with Gasteiger partial charge >= 0.3 is 5.97 Å². The lowest BCUT2D eigenvalue weighted by atomic mass is 9.83. The van der Waals surface area contributed by atoms with Crippen molar-refractivity contribution in [1.29, 1.82) is 0 Å². The molecule has 0 spiro atoms. The van der Waals surface area contributed by atoms with E-state index in [0.717, 1.165) is 47.6 Å². The molecule has 2 aromatic carbocycles. The third-order valence-electron chi connectivity index (χ3n) is 11.1. The van der Waals surface area contributed by atoms with Gasteiger partial charge in [-0.1, -0.05) is 61.9 Å². The second-order valence-corrected chi connectivity index (χ2v) is 15.7. The van der Waals surface area contributed by atoms with Crippen molar-refractivity contribution in [2.45, 2.75) is 116 Å². The molecule has 2 aliphatic rings. The molecule has 0 radical (unpaired) electrons. The summed E-state index contributed by atoms with van der Waals surface area (Å²) in [5.74, 6) is 1.29. The highest BCUT2D eigenvalue weighted by molar-refractivity contribution is 5.91. The van der Waals surface area contributed by atoms with E-state index in [1.54, 1.807) is 13.0 Å². The molecule has 0 amide bonds. The van der Waals surface area contributed by atoms with E-state index in [-0.39, 0.29) is 42.0 Å². The minimum absolute atomic E-state index is 0.0678. The van der Waals surface area contributed by atoms with Crippen LogP contribution in [-0.4, -0.2) is 89.5 Å². The third-order valence-corrected chi connectivity index (χ3v) is 11.1. The quantitative estimate of drug-likeness (QED) is 0.180. The number of hydrogen-bond acceptors (Lipinski definition) is 11. The number of esters is 1. The molecule has 0 saturated carbocycles. The zero-order valence-electron chi connectivity index (χ0n) is 34.5. The Morgan fingerprint density at radius 3 is 2.35 bits per heavy atom. The number of allylic oxidation sites excluding steroid dienone is 3. The van der Waals surface area contributed by atoms with Crippen LogP contribution in [-0.2, 0) is 39.8 Å². The van der Waals surface area contributed by atoms with Crippen molar-refractivity contribution in [2.75, 3.05) is 20.8 Å². The number of nitrogens with zero attached hydrogens (tertiary/aromatic N) is 3. The maximum Gasteiger partial charge on any atom is 0.306 e. The molecule has 1 N–H and O–H groups in total. The number of methoxy groups -OCH3 is 2. The van der Waals surface area contributed by atoms with E-state index in [4.69, 9.17) is 28.4 Å². The van der Waals surface area contributed by atoms with E-state index in [2.05, 4.69) is 17.2 Å². The summed E-state index contributed by atoms with van der Waals surface area (Å²) >= 11 is 0. The van der Waals surface area contributed by atoms with Crippen molar-refractivity contribution < 1.29 is 43.1 Å². The zero-order chi connectivity index (χ0) is 40.9. The Hall–Kier alpha value is -4.20. The Kier molecular flexibility index (Phi) is 16.6. The standard InChI is InChI=1S/C45H61N3O9/c1-8-40-35(28-54-45-44(53-7)43(52-6)42(51)32(5)55-45)25-30(3)14-20-39(49)31(4)26-33(24-29(2)15-21-41(50)57-40)22-23-48-27-38(46-47-48)34-16-18-37(19-17-34)56-36-12-10-9-11-13-36/h9-14,16-20,25,27,29,31-33,35,40,42-45,51H,8,15,21-24,26,28H2,1-7H3/b20-14+,30-25+/t29-,31+,32?,33+,35+,40+,42+,43-,44?,45+/m0/s1. The molecule has 1 fully saturated rings. The van der Waals surface area contributed by atoms with Gasteiger partial charge in [0.15, 0.2) is 12.1 Å². The smallest absolute Gasteiger partial charge is 0.306 e.